The summed E-state index contributed by atoms with van der Waals surface area (Å²) in [5.41, 5.74) is 7.00. The number of piperazine rings is 1. The van der Waals surface area contributed by atoms with Crippen LogP contribution in [0.2, 0.25) is 0 Å². The smallest absolute Gasteiger partial charge is 0.247 e. The Morgan fingerprint density at radius 3 is 2.67 bits per heavy atom. The predicted octanol–water partition coefficient (Wildman–Crippen LogP) is 1.03. The third-order valence-corrected chi connectivity index (χ3v) is 3.61. The number of carbonyl (C=O) groups excluding carboxylic acids is 1. The van der Waals surface area contributed by atoms with E-state index in [0.717, 1.165) is 17.9 Å². The van der Waals surface area contributed by atoms with Crippen molar-refractivity contribution in [3.05, 3.63) is 17.8 Å². The molecule has 1 aliphatic heterocycles. The molecule has 1 aromatic rings. The number of pyridine rings is 1. The lowest BCUT2D eigenvalue weighted by Crippen LogP contribution is -2.62. The fourth-order valence-corrected chi connectivity index (χ4v) is 2.29. The van der Waals surface area contributed by atoms with Crippen molar-refractivity contribution in [2.75, 3.05) is 30.8 Å². The second-order valence-electron chi connectivity index (χ2n) is 5.34. The van der Waals surface area contributed by atoms with Gasteiger partial charge in [0.15, 0.2) is 0 Å². The molecule has 5 nitrogen and oxygen atoms in total. The third kappa shape index (κ3) is 1.89. The highest BCUT2D eigenvalue weighted by atomic mass is 16.2. The topological polar surface area (TPSA) is 62.5 Å². The highest BCUT2D eigenvalue weighted by Gasteiger charge is 2.41. The van der Waals surface area contributed by atoms with Gasteiger partial charge in [0.05, 0.1) is 0 Å². The standard InChI is InChI=1S/C13H20N4O/c1-9-8-15-11(7-10(9)14)17-6-5-16(4)12(18)13(17,2)3/h7-8H,5-6H2,1-4H3,(H2,14,15). The summed E-state index contributed by atoms with van der Waals surface area (Å²) in [4.78, 5) is 20.4. The fraction of sp³-hybridized carbons (Fsp3) is 0.538. The van der Waals surface area contributed by atoms with E-state index < -0.39 is 5.54 Å². The number of anilines is 2. The van der Waals surface area contributed by atoms with Gasteiger partial charge in [-0.3, -0.25) is 4.79 Å². The molecule has 2 N–H and O–H groups in total. The number of amides is 1. The first kappa shape index (κ1) is 12.7. The van der Waals surface area contributed by atoms with Crippen LogP contribution in [0.1, 0.15) is 19.4 Å². The van der Waals surface area contributed by atoms with Gasteiger partial charge in [0.25, 0.3) is 0 Å². The first-order valence-electron chi connectivity index (χ1n) is 6.09. The Bertz CT molecular complexity index is 484. The van der Waals surface area contributed by atoms with Crippen molar-refractivity contribution < 1.29 is 4.79 Å². The molecule has 2 heterocycles. The molecule has 98 valence electrons. The van der Waals surface area contributed by atoms with Crippen LogP contribution in [0, 0.1) is 6.92 Å². The second kappa shape index (κ2) is 4.15. The SMILES string of the molecule is Cc1cnc(N2CCN(C)C(=O)C2(C)C)cc1N. The van der Waals surface area contributed by atoms with Crippen LogP contribution in [0.25, 0.3) is 0 Å². The zero-order valence-corrected chi connectivity index (χ0v) is 11.4. The van der Waals surface area contributed by atoms with E-state index in [2.05, 4.69) is 4.98 Å². The summed E-state index contributed by atoms with van der Waals surface area (Å²) >= 11 is 0. The van der Waals surface area contributed by atoms with Crippen molar-refractivity contribution in [2.45, 2.75) is 26.3 Å². The lowest BCUT2D eigenvalue weighted by Gasteiger charge is -2.45. The van der Waals surface area contributed by atoms with Gasteiger partial charge in [-0.1, -0.05) is 0 Å². The number of nitrogens with two attached hydrogens (primary N) is 1. The van der Waals surface area contributed by atoms with Crippen LogP contribution in [0.5, 0.6) is 0 Å². The Morgan fingerprint density at radius 2 is 2.06 bits per heavy atom. The van der Waals surface area contributed by atoms with E-state index in [1.54, 1.807) is 11.1 Å². The normalized spacial score (nSPS) is 19.2. The van der Waals surface area contributed by atoms with Crippen LogP contribution >= 0.6 is 0 Å². The largest absolute Gasteiger partial charge is 0.398 e. The molecule has 1 fully saturated rings. The molecule has 0 spiro atoms. The number of nitrogen functional groups attached to an aromatic ring is 1. The van der Waals surface area contributed by atoms with E-state index in [1.165, 1.54) is 0 Å². The summed E-state index contributed by atoms with van der Waals surface area (Å²) in [6.45, 7) is 7.24. The van der Waals surface area contributed by atoms with Gasteiger partial charge in [0, 0.05) is 38.1 Å². The molecule has 2 rings (SSSR count). The highest BCUT2D eigenvalue weighted by molar-refractivity contribution is 5.90. The minimum absolute atomic E-state index is 0.106. The van der Waals surface area contributed by atoms with Crippen LogP contribution < -0.4 is 10.6 Å². The van der Waals surface area contributed by atoms with Crippen molar-refractivity contribution in [1.82, 2.24) is 9.88 Å². The van der Waals surface area contributed by atoms with Gasteiger partial charge in [0.1, 0.15) is 11.4 Å². The fourth-order valence-electron chi connectivity index (χ4n) is 2.29. The monoisotopic (exact) mass is 248 g/mol. The molecule has 0 aromatic carbocycles. The molecule has 1 aliphatic rings. The van der Waals surface area contributed by atoms with Gasteiger partial charge in [-0.2, -0.15) is 0 Å². The van der Waals surface area contributed by atoms with E-state index >= 15 is 0 Å². The molecule has 1 amide bonds. The van der Waals surface area contributed by atoms with Gasteiger partial charge < -0.3 is 15.5 Å². The van der Waals surface area contributed by atoms with E-state index in [1.807, 2.05) is 38.8 Å². The van der Waals surface area contributed by atoms with Crippen molar-refractivity contribution >= 4 is 17.4 Å². The van der Waals surface area contributed by atoms with Crippen LogP contribution in [-0.2, 0) is 4.79 Å². The predicted molar refractivity (Wildman–Crippen MR) is 72.4 cm³/mol. The minimum atomic E-state index is -0.582. The van der Waals surface area contributed by atoms with Crippen LogP contribution in [0.15, 0.2) is 12.3 Å². The summed E-state index contributed by atoms with van der Waals surface area (Å²) in [7, 11) is 1.83. The Kier molecular flexibility index (Phi) is 2.92. The molecule has 1 aromatic heterocycles. The summed E-state index contributed by atoms with van der Waals surface area (Å²) in [6, 6.07) is 1.84. The number of aryl methyl sites for hydroxylation is 1. The molecule has 1 saturated heterocycles. The second-order valence-corrected chi connectivity index (χ2v) is 5.34. The molecule has 5 heteroatoms. The quantitative estimate of drug-likeness (QED) is 0.806. The Labute approximate surface area is 108 Å². The number of aromatic nitrogens is 1. The summed E-state index contributed by atoms with van der Waals surface area (Å²) < 4.78 is 0. The zero-order chi connectivity index (χ0) is 13.5. The van der Waals surface area contributed by atoms with Crippen LogP contribution in [-0.4, -0.2) is 41.5 Å². The number of hydrogen-bond acceptors (Lipinski definition) is 4. The first-order valence-corrected chi connectivity index (χ1v) is 6.09. The number of hydrogen-bond donors (Lipinski definition) is 1. The minimum Gasteiger partial charge on any atom is -0.398 e. The Morgan fingerprint density at radius 1 is 1.39 bits per heavy atom. The van der Waals surface area contributed by atoms with Crippen molar-refractivity contribution in [2.24, 2.45) is 0 Å². The van der Waals surface area contributed by atoms with Gasteiger partial charge in [-0.05, 0) is 26.3 Å². The molecular weight excluding hydrogens is 228 g/mol. The molecule has 0 atom stereocenters. The maximum atomic E-state index is 12.2. The van der Waals surface area contributed by atoms with Gasteiger partial charge in [-0.15, -0.1) is 0 Å². The number of rotatable bonds is 1. The molecular formula is C13H20N4O. The number of carbonyl (C=O) groups is 1. The van der Waals surface area contributed by atoms with E-state index in [0.29, 0.717) is 12.2 Å². The summed E-state index contributed by atoms with van der Waals surface area (Å²) in [5.74, 6) is 0.874. The average Bonchev–Trinajstić information content (AvgIpc) is 2.30. The lowest BCUT2D eigenvalue weighted by molar-refractivity contribution is -0.136. The van der Waals surface area contributed by atoms with Crippen molar-refractivity contribution in [3.8, 4) is 0 Å². The van der Waals surface area contributed by atoms with Crippen molar-refractivity contribution in [1.29, 1.82) is 0 Å². The maximum Gasteiger partial charge on any atom is 0.247 e. The van der Waals surface area contributed by atoms with Gasteiger partial charge in [-0.25, -0.2) is 4.98 Å². The zero-order valence-electron chi connectivity index (χ0n) is 11.4. The molecule has 0 bridgehead atoms. The lowest BCUT2D eigenvalue weighted by atomic mass is 9.97. The number of likely N-dealkylation sites (N-methyl/N-ethyl adjacent to an activating group) is 1. The molecule has 0 radical (unpaired) electrons. The molecule has 18 heavy (non-hydrogen) atoms. The molecule has 0 aliphatic carbocycles. The van der Waals surface area contributed by atoms with Gasteiger partial charge in [0.2, 0.25) is 5.91 Å². The Balaban J connectivity index is 2.38. The number of nitrogens with zero attached hydrogens (tertiary/aromatic N) is 3. The molecule has 0 unspecified atom stereocenters. The maximum absolute atomic E-state index is 12.2. The first-order chi connectivity index (χ1) is 8.34. The summed E-state index contributed by atoms with van der Waals surface area (Å²) in [5, 5.41) is 0. The third-order valence-electron chi connectivity index (χ3n) is 3.61. The van der Waals surface area contributed by atoms with E-state index in [4.69, 9.17) is 5.73 Å². The van der Waals surface area contributed by atoms with E-state index in [9.17, 15) is 4.79 Å². The van der Waals surface area contributed by atoms with Gasteiger partial charge >= 0.3 is 0 Å². The Hall–Kier alpha value is -1.78. The molecule has 0 saturated carbocycles. The summed E-state index contributed by atoms with van der Waals surface area (Å²) in [6.07, 6.45) is 1.75. The van der Waals surface area contributed by atoms with Crippen molar-refractivity contribution in [3.63, 3.8) is 0 Å². The van der Waals surface area contributed by atoms with Crippen LogP contribution in [0.4, 0.5) is 11.5 Å². The van der Waals surface area contributed by atoms with E-state index in [-0.39, 0.29) is 5.91 Å². The average molecular weight is 248 g/mol. The van der Waals surface area contributed by atoms with Crippen LogP contribution in [0.3, 0.4) is 0 Å². The highest BCUT2D eigenvalue weighted by Crippen LogP contribution is 2.28.